The van der Waals surface area contributed by atoms with E-state index in [9.17, 15) is 4.79 Å². The summed E-state index contributed by atoms with van der Waals surface area (Å²) in [6, 6.07) is 31.9. The number of nitrogens with one attached hydrogen (secondary N) is 1. The number of esters is 1. The Kier molecular flexibility index (Phi) is 7.87. The van der Waals surface area contributed by atoms with Crippen LogP contribution >= 0.6 is 7.92 Å². The van der Waals surface area contributed by atoms with E-state index < -0.39 is 13.2 Å². The summed E-state index contributed by atoms with van der Waals surface area (Å²) in [7, 11) is 2.35. The maximum Gasteiger partial charge on any atom is 0.330 e. The third kappa shape index (κ3) is 4.51. The zero-order valence-corrected chi connectivity index (χ0v) is 20.6. The molecule has 0 heterocycles. The molecule has 0 aliphatic heterocycles. The van der Waals surface area contributed by atoms with Crippen molar-refractivity contribution in [3.63, 3.8) is 0 Å². The van der Waals surface area contributed by atoms with Crippen molar-refractivity contribution < 1.29 is 9.53 Å². The van der Waals surface area contributed by atoms with Crippen LogP contribution in [-0.2, 0) is 14.7 Å². The van der Waals surface area contributed by atoms with Crippen LogP contribution in [0.4, 0.5) is 0 Å². The first-order valence-corrected chi connectivity index (χ1v) is 12.9. The summed E-state index contributed by atoms with van der Waals surface area (Å²) >= 11 is 0. The molecule has 0 saturated heterocycles. The first-order valence-electron chi connectivity index (χ1n) is 11.1. The Labute approximate surface area is 194 Å². The molecule has 0 fully saturated rings. The van der Waals surface area contributed by atoms with Gasteiger partial charge >= 0.3 is 5.97 Å². The van der Waals surface area contributed by atoms with Gasteiger partial charge in [-0.2, -0.15) is 0 Å². The van der Waals surface area contributed by atoms with Crippen LogP contribution in [0.15, 0.2) is 91.0 Å². The second-order valence-electron chi connectivity index (χ2n) is 8.48. The molecule has 0 aromatic heterocycles. The van der Waals surface area contributed by atoms with E-state index in [0.29, 0.717) is 5.92 Å². The molecule has 3 nitrogen and oxygen atoms in total. The molecule has 0 bridgehead atoms. The Hall–Kier alpha value is -2.48. The smallest absolute Gasteiger partial charge is 0.330 e. The molecule has 3 aromatic rings. The van der Waals surface area contributed by atoms with Crippen molar-refractivity contribution in [2.45, 2.75) is 36.6 Å². The van der Waals surface area contributed by atoms with E-state index in [4.69, 9.17) is 4.74 Å². The Morgan fingerprint density at radius 1 is 0.906 bits per heavy atom. The van der Waals surface area contributed by atoms with E-state index in [1.54, 1.807) is 0 Å². The summed E-state index contributed by atoms with van der Waals surface area (Å²) < 4.78 is 5.30. The van der Waals surface area contributed by atoms with Crippen molar-refractivity contribution >= 4 is 13.9 Å². The zero-order chi connectivity index (χ0) is 23.2. The van der Waals surface area contributed by atoms with Gasteiger partial charge in [0, 0.05) is 5.16 Å². The fourth-order valence-electron chi connectivity index (χ4n) is 4.68. The number of benzene rings is 3. The van der Waals surface area contributed by atoms with Crippen molar-refractivity contribution in [1.29, 1.82) is 0 Å². The van der Waals surface area contributed by atoms with Crippen LogP contribution in [0.25, 0.3) is 0 Å². The largest absolute Gasteiger partial charge is 0.467 e. The van der Waals surface area contributed by atoms with E-state index in [1.165, 1.54) is 23.8 Å². The van der Waals surface area contributed by atoms with E-state index in [1.807, 2.05) is 14.0 Å². The van der Waals surface area contributed by atoms with Gasteiger partial charge in [-0.25, -0.2) is 4.79 Å². The third-order valence-electron chi connectivity index (χ3n) is 6.79. The molecule has 0 aliphatic carbocycles. The van der Waals surface area contributed by atoms with Gasteiger partial charge in [0.05, 0.1) is 7.11 Å². The molecule has 3 rings (SSSR count). The van der Waals surface area contributed by atoms with E-state index in [-0.39, 0.29) is 11.1 Å². The number of rotatable bonds is 9. The van der Waals surface area contributed by atoms with Crippen LogP contribution in [0, 0.1) is 0 Å². The lowest BCUT2D eigenvalue weighted by Gasteiger charge is -2.49. The number of methoxy groups -OCH3 is 1. The van der Waals surface area contributed by atoms with Gasteiger partial charge in [0.1, 0.15) is 5.28 Å². The Morgan fingerprint density at radius 2 is 1.34 bits per heavy atom. The number of ether oxygens (including phenoxy) is 1. The second kappa shape index (κ2) is 10.4. The molecule has 0 saturated carbocycles. The molecule has 3 unspecified atom stereocenters. The molecule has 4 heteroatoms. The van der Waals surface area contributed by atoms with Crippen LogP contribution in [0.2, 0.25) is 0 Å². The minimum absolute atomic E-state index is 0.225. The molecule has 168 valence electrons. The molecule has 3 aromatic carbocycles. The predicted molar refractivity (Wildman–Crippen MR) is 135 cm³/mol. The lowest BCUT2D eigenvalue weighted by atomic mass is 9.81. The van der Waals surface area contributed by atoms with Crippen LogP contribution in [0.1, 0.15) is 42.9 Å². The van der Waals surface area contributed by atoms with E-state index in [2.05, 4.69) is 110 Å². The lowest BCUT2D eigenvalue weighted by molar-refractivity contribution is -0.144. The van der Waals surface area contributed by atoms with E-state index in [0.717, 1.165) is 6.42 Å². The third-order valence-corrected chi connectivity index (χ3v) is 10.4. The summed E-state index contributed by atoms with van der Waals surface area (Å²) in [6.07, 6.45) is 0.876. The number of hydrogen-bond donors (Lipinski definition) is 1. The maximum atomic E-state index is 13.1. The topological polar surface area (TPSA) is 38.3 Å². The van der Waals surface area contributed by atoms with Gasteiger partial charge < -0.3 is 10.1 Å². The van der Waals surface area contributed by atoms with Gasteiger partial charge in [0.15, 0.2) is 0 Å². The maximum absolute atomic E-state index is 13.1. The average molecular weight is 448 g/mol. The van der Waals surface area contributed by atoms with Gasteiger partial charge in [0.25, 0.3) is 0 Å². The van der Waals surface area contributed by atoms with Gasteiger partial charge in [-0.3, -0.25) is 0 Å². The average Bonchev–Trinajstić information content (AvgIpc) is 2.87. The van der Waals surface area contributed by atoms with Gasteiger partial charge in [-0.05, 0) is 49.7 Å². The molecule has 0 radical (unpaired) electrons. The SMILES string of the molecule is CNC(C)(C(=O)OC)P(C)C(CC(C)c1ccccc1)(c1ccccc1)c1ccccc1. The van der Waals surface area contributed by atoms with Crippen LogP contribution in [0.5, 0.6) is 0 Å². The summed E-state index contributed by atoms with van der Waals surface area (Å²) in [5.74, 6) is 0.0672. The molecule has 0 aliphatic rings. The first kappa shape index (κ1) is 24.2. The number of hydrogen-bond acceptors (Lipinski definition) is 3. The van der Waals surface area contributed by atoms with Crippen LogP contribution in [0.3, 0.4) is 0 Å². The highest BCUT2D eigenvalue weighted by atomic mass is 31.1. The predicted octanol–water partition coefficient (Wildman–Crippen LogP) is 6.34. The molecule has 1 N–H and O–H groups in total. The molecular weight excluding hydrogens is 413 g/mol. The normalized spacial score (nSPS) is 15.4. The monoisotopic (exact) mass is 447 g/mol. The van der Waals surface area contributed by atoms with E-state index >= 15 is 0 Å². The summed E-state index contributed by atoms with van der Waals surface area (Å²) in [6.45, 7) is 6.51. The highest BCUT2D eigenvalue weighted by Gasteiger charge is 2.52. The van der Waals surface area contributed by atoms with Crippen molar-refractivity contribution in [2.24, 2.45) is 0 Å². The molecular formula is C28H34NO2P. The van der Waals surface area contributed by atoms with Crippen molar-refractivity contribution in [2.75, 3.05) is 20.8 Å². The fourth-order valence-corrected chi connectivity index (χ4v) is 7.77. The highest BCUT2D eigenvalue weighted by Crippen LogP contribution is 2.67. The summed E-state index contributed by atoms with van der Waals surface area (Å²) in [4.78, 5) is 13.1. The quantitative estimate of drug-likeness (QED) is 0.307. The standard InChI is InChI=1S/C28H34NO2P/c1-22(23-15-9-6-10-16-23)21-28(24-17-11-7-12-18-24,25-19-13-8-14-20-25)32(5)27(2,29-3)26(30)31-4/h6-20,22,29H,21H2,1-5H3. The molecule has 0 spiro atoms. The Balaban J connectivity index is 2.28. The Morgan fingerprint density at radius 3 is 1.75 bits per heavy atom. The number of carbonyl (C=O) groups excluding carboxylic acids is 1. The lowest BCUT2D eigenvalue weighted by Crippen LogP contribution is -2.50. The van der Waals surface area contributed by atoms with Crippen molar-refractivity contribution in [3.8, 4) is 0 Å². The Bertz CT molecular complexity index is 954. The number of likely N-dealkylation sites (N-methyl/N-ethyl adjacent to an activating group) is 1. The minimum Gasteiger partial charge on any atom is -0.467 e. The number of carbonyl (C=O) groups is 1. The van der Waals surface area contributed by atoms with Crippen LogP contribution in [-0.4, -0.2) is 32.1 Å². The first-order chi connectivity index (χ1) is 15.4. The van der Waals surface area contributed by atoms with Crippen molar-refractivity contribution in [3.05, 3.63) is 108 Å². The fraction of sp³-hybridized carbons (Fsp3) is 0.321. The van der Waals surface area contributed by atoms with Crippen molar-refractivity contribution in [1.82, 2.24) is 5.32 Å². The second-order valence-corrected chi connectivity index (χ2v) is 11.3. The molecule has 32 heavy (non-hydrogen) atoms. The summed E-state index contributed by atoms with van der Waals surface area (Å²) in [5.41, 5.74) is 3.76. The minimum atomic E-state index is -0.980. The van der Waals surface area contributed by atoms with Crippen LogP contribution < -0.4 is 5.32 Å². The van der Waals surface area contributed by atoms with Gasteiger partial charge in [0.2, 0.25) is 0 Å². The highest BCUT2D eigenvalue weighted by molar-refractivity contribution is 7.61. The zero-order valence-electron chi connectivity index (χ0n) is 19.7. The molecule has 0 amide bonds. The molecule has 3 atom stereocenters. The van der Waals surface area contributed by atoms with Gasteiger partial charge in [-0.15, -0.1) is 0 Å². The van der Waals surface area contributed by atoms with Gasteiger partial charge in [-0.1, -0.05) is 106 Å². The summed E-state index contributed by atoms with van der Waals surface area (Å²) in [5, 5.41) is 2.17.